The SMILES string of the molecule is COCCC1(C(=O)O)C(C)=NC(C)C(C(=O)O)(C(C)C)C1c1cccc(C#N)c1Cl. The van der Waals surface area contributed by atoms with Crippen LogP contribution in [0.15, 0.2) is 23.2 Å². The van der Waals surface area contributed by atoms with Gasteiger partial charge in [-0.1, -0.05) is 37.6 Å². The normalized spacial score (nSPS) is 28.7. The van der Waals surface area contributed by atoms with Crippen LogP contribution in [0.2, 0.25) is 5.02 Å². The molecule has 4 unspecified atom stereocenters. The third kappa shape index (κ3) is 3.28. The topological polar surface area (TPSA) is 120 Å². The molecule has 0 spiro atoms. The van der Waals surface area contributed by atoms with E-state index < -0.39 is 40.6 Å². The lowest BCUT2D eigenvalue weighted by molar-refractivity contribution is -0.164. The lowest BCUT2D eigenvalue weighted by Crippen LogP contribution is -2.62. The van der Waals surface area contributed by atoms with Gasteiger partial charge < -0.3 is 14.9 Å². The fourth-order valence-corrected chi connectivity index (χ4v) is 5.37. The number of nitrogens with zero attached hydrogens (tertiary/aromatic N) is 2. The Morgan fingerprint density at radius 3 is 2.43 bits per heavy atom. The first-order chi connectivity index (χ1) is 14.0. The van der Waals surface area contributed by atoms with Gasteiger partial charge in [-0.05, 0) is 37.8 Å². The summed E-state index contributed by atoms with van der Waals surface area (Å²) in [7, 11) is 1.46. The van der Waals surface area contributed by atoms with Crippen LogP contribution >= 0.6 is 11.6 Å². The maximum atomic E-state index is 12.9. The van der Waals surface area contributed by atoms with Crippen molar-refractivity contribution >= 4 is 29.3 Å². The van der Waals surface area contributed by atoms with Gasteiger partial charge in [-0.3, -0.25) is 14.6 Å². The van der Waals surface area contributed by atoms with E-state index in [1.54, 1.807) is 39.8 Å². The van der Waals surface area contributed by atoms with Crippen LogP contribution in [-0.4, -0.2) is 47.6 Å². The maximum absolute atomic E-state index is 12.9. The van der Waals surface area contributed by atoms with E-state index in [0.29, 0.717) is 11.3 Å². The van der Waals surface area contributed by atoms with Crippen LogP contribution in [0.25, 0.3) is 0 Å². The molecule has 0 aliphatic carbocycles. The third-order valence-electron chi connectivity index (χ3n) is 6.56. The predicted octanol–water partition coefficient (Wildman–Crippen LogP) is 3.99. The number of hydrogen-bond acceptors (Lipinski definition) is 5. The van der Waals surface area contributed by atoms with Gasteiger partial charge in [0, 0.05) is 25.3 Å². The number of carbonyl (C=O) groups is 2. The Balaban J connectivity index is 3.08. The molecule has 7 nitrogen and oxygen atoms in total. The monoisotopic (exact) mass is 434 g/mol. The summed E-state index contributed by atoms with van der Waals surface area (Å²) in [5.41, 5.74) is -2.42. The number of carboxylic acid groups (broad SMARTS) is 2. The van der Waals surface area contributed by atoms with Crippen molar-refractivity contribution in [2.45, 2.75) is 46.1 Å². The van der Waals surface area contributed by atoms with Crippen molar-refractivity contribution < 1.29 is 24.5 Å². The number of benzene rings is 1. The highest BCUT2D eigenvalue weighted by molar-refractivity contribution is 6.32. The van der Waals surface area contributed by atoms with E-state index in [9.17, 15) is 25.1 Å². The molecule has 0 radical (unpaired) electrons. The van der Waals surface area contributed by atoms with Crippen LogP contribution in [0.5, 0.6) is 0 Å². The summed E-state index contributed by atoms with van der Waals surface area (Å²) in [6.07, 6.45) is 0.0143. The number of aliphatic carboxylic acids is 2. The smallest absolute Gasteiger partial charge is 0.316 e. The zero-order valence-corrected chi connectivity index (χ0v) is 18.5. The van der Waals surface area contributed by atoms with Crippen molar-refractivity contribution in [2.75, 3.05) is 13.7 Å². The summed E-state index contributed by atoms with van der Waals surface area (Å²) in [6.45, 7) is 6.89. The Kier molecular flexibility index (Phi) is 6.95. The fourth-order valence-electron chi connectivity index (χ4n) is 5.09. The van der Waals surface area contributed by atoms with Gasteiger partial charge in [0.25, 0.3) is 0 Å². The summed E-state index contributed by atoms with van der Waals surface area (Å²) < 4.78 is 5.19. The molecule has 1 heterocycles. The van der Waals surface area contributed by atoms with E-state index in [0.717, 1.165) is 0 Å². The number of methoxy groups -OCH3 is 1. The van der Waals surface area contributed by atoms with Gasteiger partial charge in [-0.25, -0.2) is 0 Å². The first-order valence-corrected chi connectivity index (χ1v) is 10.1. The minimum atomic E-state index is -1.66. The van der Waals surface area contributed by atoms with Crippen molar-refractivity contribution in [2.24, 2.45) is 21.7 Å². The van der Waals surface area contributed by atoms with Gasteiger partial charge >= 0.3 is 11.9 Å². The van der Waals surface area contributed by atoms with Gasteiger partial charge in [0.05, 0.1) is 16.6 Å². The summed E-state index contributed by atoms with van der Waals surface area (Å²) in [5, 5.41) is 30.5. The third-order valence-corrected chi connectivity index (χ3v) is 6.98. The Bertz CT molecular complexity index is 923. The van der Waals surface area contributed by atoms with Crippen LogP contribution in [0.1, 0.15) is 51.2 Å². The number of hydrogen-bond donors (Lipinski definition) is 2. The summed E-state index contributed by atoms with van der Waals surface area (Å²) >= 11 is 6.56. The molecule has 0 saturated heterocycles. The van der Waals surface area contributed by atoms with Crippen LogP contribution in [0.3, 0.4) is 0 Å². The molecule has 1 aliphatic rings. The highest BCUT2D eigenvalue weighted by atomic mass is 35.5. The highest BCUT2D eigenvalue weighted by Gasteiger charge is 2.66. The molecule has 1 aromatic carbocycles. The minimum Gasteiger partial charge on any atom is -0.481 e. The molecule has 0 amide bonds. The number of halogens is 1. The van der Waals surface area contributed by atoms with Crippen molar-refractivity contribution in [1.29, 1.82) is 5.26 Å². The fraction of sp³-hybridized carbons (Fsp3) is 0.545. The molecule has 1 aromatic rings. The Hall–Kier alpha value is -2.43. The zero-order chi connectivity index (χ0) is 22.9. The van der Waals surface area contributed by atoms with Crippen LogP contribution < -0.4 is 0 Å². The second kappa shape index (κ2) is 8.75. The number of rotatable bonds is 7. The van der Waals surface area contributed by atoms with Crippen LogP contribution in [0.4, 0.5) is 0 Å². The lowest BCUT2D eigenvalue weighted by atomic mass is 9.49. The van der Waals surface area contributed by atoms with E-state index in [-0.39, 0.29) is 23.6 Å². The number of nitriles is 1. The predicted molar refractivity (Wildman–Crippen MR) is 113 cm³/mol. The molecule has 0 saturated carbocycles. The minimum absolute atomic E-state index is 0.0143. The van der Waals surface area contributed by atoms with E-state index in [1.807, 2.05) is 6.07 Å². The molecule has 8 heteroatoms. The molecule has 0 fully saturated rings. The molecule has 162 valence electrons. The molecule has 1 aliphatic heterocycles. The largest absolute Gasteiger partial charge is 0.481 e. The second-order valence-electron chi connectivity index (χ2n) is 8.06. The standard InChI is InChI=1S/C22H27ClN2O5/c1-12(2)22(20(28)29)14(4)25-13(3)21(19(26)27,9-10-30-5)18(22)16-8-6-7-15(11-24)17(16)23/h6-8,12,14,18H,9-10H2,1-5H3,(H,26,27)(H,28,29). The maximum Gasteiger partial charge on any atom is 0.316 e. The van der Waals surface area contributed by atoms with Gasteiger partial charge in [-0.2, -0.15) is 5.26 Å². The van der Waals surface area contributed by atoms with Gasteiger partial charge in [-0.15, -0.1) is 0 Å². The van der Waals surface area contributed by atoms with E-state index >= 15 is 0 Å². The Labute approximate surface area is 181 Å². The Morgan fingerprint density at radius 2 is 1.97 bits per heavy atom. The summed E-state index contributed by atoms with van der Waals surface area (Å²) in [4.78, 5) is 30.3. The second-order valence-corrected chi connectivity index (χ2v) is 8.43. The van der Waals surface area contributed by atoms with Gasteiger partial charge in [0.1, 0.15) is 16.9 Å². The van der Waals surface area contributed by atoms with Crippen LogP contribution in [-0.2, 0) is 14.3 Å². The number of carboxylic acids is 2. The van der Waals surface area contributed by atoms with Crippen molar-refractivity contribution in [3.05, 3.63) is 34.3 Å². The average Bonchev–Trinajstić information content (AvgIpc) is 2.66. The molecule has 4 atom stereocenters. The van der Waals surface area contributed by atoms with Gasteiger partial charge in [0.2, 0.25) is 0 Å². The summed E-state index contributed by atoms with van der Waals surface area (Å²) in [6, 6.07) is 6.03. The van der Waals surface area contributed by atoms with Crippen LogP contribution in [0, 0.1) is 28.1 Å². The van der Waals surface area contributed by atoms with E-state index in [2.05, 4.69) is 4.99 Å². The molecule has 2 N–H and O–H groups in total. The van der Waals surface area contributed by atoms with Crippen molar-refractivity contribution in [3.8, 4) is 6.07 Å². The molecule has 2 rings (SSSR count). The van der Waals surface area contributed by atoms with E-state index in [1.165, 1.54) is 13.2 Å². The summed E-state index contributed by atoms with van der Waals surface area (Å²) in [5.74, 6) is -3.88. The highest BCUT2D eigenvalue weighted by Crippen LogP contribution is 2.60. The lowest BCUT2D eigenvalue weighted by Gasteiger charge is -2.54. The van der Waals surface area contributed by atoms with Crippen molar-refractivity contribution in [3.63, 3.8) is 0 Å². The Morgan fingerprint density at radius 1 is 1.33 bits per heavy atom. The first-order valence-electron chi connectivity index (χ1n) is 9.72. The molecule has 30 heavy (non-hydrogen) atoms. The number of aliphatic imine (C=N–C) groups is 1. The first kappa shape index (κ1) is 23.8. The molecular formula is C22H27ClN2O5. The molecular weight excluding hydrogens is 408 g/mol. The van der Waals surface area contributed by atoms with Crippen molar-refractivity contribution in [1.82, 2.24) is 0 Å². The number of ether oxygens (including phenoxy) is 1. The van der Waals surface area contributed by atoms with E-state index in [4.69, 9.17) is 16.3 Å². The quantitative estimate of drug-likeness (QED) is 0.669. The molecule has 0 bridgehead atoms. The zero-order valence-electron chi connectivity index (χ0n) is 17.8. The molecule has 0 aromatic heterocycles. The average molecular weight is 435 g/mol. The van der Waals surface area contributed by atoms with Gasteiger partial charge in [0.15, 0.2) is 0 Å².